The van der Waals surface area contributed by atoms with Crippen molar-refractivity contribution in [2.24, 2.45) is 0 Å². The van der Waals surface area contributed by atoms with Crippen LogP contribution in [0.15, 0.2) is 60.8 Å². The van der Waals surface area contributed by atoms with Gasteiger partial charge in [0.15, 0.2) is 0 Å². The molecular weight excluding hydrogens is 471 g/mol. The number of anilines is 3. The molecular formula is C26H26F3N5O2. The first-order valence-corrected chi connectivity index (χ1v) is 11.9. The smallest absolute Gasteiger partial charge is 0.378 e. The minimum absolute atomic E-state index is 0.0556. The molecule has 1 aromatic heterocycles. The number of halogens is 3. The van der Waals surface area contributed by atoms with Gasteiger partial charge >= 0.3 is 6.18 Å². The number of morpholine rings is 1. The Morgan fingerprint density at radius 2 is 1.69 bits per heavy atom. The monoisotopic (exact) mass is 497 g/mol. The van der Waals surface area contributed by atoms with E-state index >= 15 is 0 Å². The first-order valence-electron chi connectivity index (χ1n) is 11.9. The molecule has 2 saturated heterocycles. The molecule has 2 fully saturated rings. The number of hydrogen-bond acceptors (Lipinski definition) is 6. The fraction of sp³-hybridized carbons (Fsp3) is 0.346. The highest BCUT2D eigenvalue weighted by molar-refractivity contribution is 5.95. The molecule has 7 nitrogen and oxygen atoms in total. The highest BCUT2D eigenvalue weighted by atomic mass is 19.4. The Morgan fingerprint density at radius 1 is 0.972 bits per heavy atom. The summed E-state index contributed by atoms with van der Waals surface area (Å²) in [7, 11) is 0. The third kappa shape index (κ3) is 5.28. The van der Waals surface area contributed by atoms with Crippen molar-refractivity contribution in [2.45, 2.75) is 25.1 Å². The molecule has 2 aliphatic rings. The third-order valence-corrected chi connectivity index (χ3v) is 6.47. The van der Waals surface area contributed by atoms with Crippen molar-refractivity contribution in [3.63, 3.8) is 0 Å². The number of ether oxygens (including phenoxy) is 1. The number of likely N-dealkylation sites (tertiary alicyclic amines) is 1. The first kappa shape index (κ1) is 24.1. The normalized spacial score (nSPS) is 18.4. The zero-order valence-electron chi connectivity index (χ0n) is 19.5. The van der Waals surface area contributed by atoms with E-state index in [4.69, 9.17) is 4.74 Å². The Hall–Kier alpha value is -3.66. The van der Waals surface area contributed by atoms with E-state index in [1.54, 1.807) is 36.5 Å². The Kier molecular flexibility index (Phi) is 6.77. The van der Waals surface area contributed by atoms with Crippen LogP contribution in [0.25, 0.3) is 11.3 Å². The Bertz CT molecular complexity index is 1200. The van der Waals surface area contributed by atoms with E-state index < -0.39 is 18.1 Å². The molecule has 1 N–H and O–H groups in total. The lowest BCUT2D eigenvalue weighted by Gasteiger charge is -2.28. The number of nitrogens with zero attached hydrogens (tertiary/aromatic N) is 4. The second-order valence-corrected chi connectivity index (χ2v) is 8.81. The van der Waals surface area contributed by atoms with Crippen molar-refractivity contribution in [3.05, 3.63) is 66.4 Å². The van der Waals surface area contributed by atoms with Crippen LogP contribution in [0.3, 0.4) is 0 Å². The van der Waals surface area contributed by atoms with E-state index in [2.05, 4.69) is 20.2 Å². The van der Waals surface area contributed by atoms with Gasteiger partial charge in [-0.3, -0.25) is 4.79 Å². The molecule has 188 valence electrons. The number of nitrogens with one attached hydrogen (secondary N) is 1. The SMILES string of the molecule is O=C(c1ccc(-c2ccnc(Nc3ccc(N4CCOCC4)cc3)n2)cc1)N1CCC[C@@H]1C(F)(F)F. The molecule has 5 rings (SSSR count). The van der Waals surface area contributed by atoms with E-state index in [-0.39, 0.29) is 18.5 Å². The lowest BCUT2D eigenvalue weighted by molar-refractivity contribution is -0.169. The summed E-state index contributed by atoms with van der Waals surface area (Å²) in [4.78, 5) is 24.7. The second kappa shape index (κ2) is 10.1. The standard InChI is InChI=1S/C26H26F3N5O2/c27-26(28,29)23-2-1-13-34(23)24(35)19-5-3-18(4-6-19)22-11-12-30-25(32-22)31-20-7-9-21(10-8-20)33-14-16-36-17-15-33/h3-12,23H,1-2,13-17H2,(H,30,31,32)/t23-/m1/s1. The molecule has 0 unspecified atom stereocenters. The largest absolute Gasteiger partial charge is 0.408 e. The maximum Gasteiger partial charge on any atom is 0.408 e. The molecule has 1 amide bonds. The topological polar surface area (TPSA) is 70.6 Å². The van der Waals surface area contributed by atoms with Gasteiger partial charge in [0.25, 0.3) is 5.91 Å². The van der Waals surface area contributed by atoms with Crippen molar-refractivity contribution in [2.75, 3.05) is 43.1 Å². The summed E-state index contributed by atoms with van der Waals surface area (Å²) in [6.07, 6.45) is -2.50. The molecule has 0 spiro atoms. The van der Waals surface area contributed by atoms with Crippen LogP contribution >= 0.6 is 0 Å². The van der Waals surface area contributed by atoms with Gasteiger partial charge < -0.3 is 19.9 Å². The third-order valence-electron chi connectivity index (χ3n) is 6.47. The van der Waals surface area contributed by atoms with Gasteiger partial charge in [-0.25, -0.2) is 9.97 Å². The van der Waals surface area contributed by atoms with E-state index in [1.807, 2.05) is 24.3 Å². The Morgan fingerprint density at radius 3 is 2.39 bits per heavy atom. The van der Waals surface area contributed by atoms with E-state index in [0.717, 1.165) is 48.1 Å². The molecule has 1 atom stereocenters. The quantitative estimate of drug-likeness (QED) is 0.541. The van der Waals surface area contributed by atoms with Crippen LogP contribution in [0, 0.1) is 0 Å². The molecule has 0 radical (unpaired) electrons. The summed E-state index contributed by atoms with van der Waals surface area (Å²) < 4.78 is 45.2. The van der Waals surface area contributed by atoms with Gasteiger partial charge in [-0.2, -0.15) is 13.2 Å². The second-order valence-electron chi connectivity index (χ2n) is 8.81. The molecule has 3 heterocycles. The molecule has 2 aliphatic heterocycles. The Labute approximate surface area is 206 Å². The molecule has 10 heteroatoms. The van der Waals surface area contributed by atoms with Crippen LogP contribution in [-0.4, -0.2) is 65.8 Å². The van der Waals surface area contributed by atoms with E-state index in [0.29, 0.717) is 18.1 Å². The molecule has 2 aromatic carbocycles. The summed E-state index contributed by atoms with van der Waals surface area (Å²) in [5, 5.41) is 3.20. The molecule has 0 saturated carbocycles. The zero-order chi connectivity index (χ0) is 25.1. The number of amides is 1. The lowest BCUT2D eigenvalue weighted by Crippen LogP contribution is -2.44. The summed E-state index contributed by atoms with van der Waals surface area (Å²) in [5.41, 5.74) is 3.56. The van der Waals surface area contributed by atoms with Gasteiger partial charge in [0, 0.05) is 48.3 Å². The van der Waals surface area contributed by atoms with Crippen LogP contribution in [0.1, 0.15) is 23.2 Å². The summed E-state index contributed by atoms with van der Waals surface area (Å²) in [6, 6.07) is 14.5. The summed E-state index contributed by atoms with van der Waals surface area (Å²) in [6.45, 7) is 3.29. The lowest BCUT2D eigenvalue weighted by atomic mass is 10.1. The molecule has 3 aromatic rings. The average Bonchev–Trinajstić information content (AvgIpc) is 3.41. The molecule has 0 bridgehead atoms. The number of alkyl halides is 3. The van der Waals surface area contributed by atoms with Crippen molar-refractivity contribution >= 4 is 23.2 Å². The van der Waals surface area contributed by atoms with Gasteiger partial charge in [-0.15, -0.1) is 0 Å². The van der Waals surface area contributed by atoms with Crippen LogP contribution in [-0.2, 0) is 4.74 Å². The fourth-order valence-corrected chi connectivity index (χ4v) is 4.59. The predicted molar refractivity (Wildman–Crippen MR) is 130 cm³/mol. The van der Waals surface area contributed by atoms with E-state index in [9.17, 15) is 18.0 Å². The highest BCUT2D eigenvalue weighted by Gasteiger charge is 2.47. The first-order chi connectivity index (χ1) is 17.4. The molecule has 36 heavy (non-hydrogen) atoms. The van der Waals surface area contributed by atoms with Gasteiger partial charge in [-0.05, 0) is 55.3 Å². The van der Waals surface area contributed by atoms with Crippen molar-refractivity contribution in [1.82, 2.24) is 14.9 Å². The van der Waals surface area contributed by atoms with Gasteiger partial charge in [0.05, 0.1) is 18.9 Å². The minimum atomic E-state index is -4.42. The van der Waals surface area contributed by atoms with Crippen molar-refractivity contribution < 1.29 is 22.7 Å². The maximum absolute atomic E-state index is 13.3. The van der Waals surface area contributed by atoms with Crippen LogP contribution in [0.5, 0.6) is 0 Å². The Balaban J connectivity index is 1.26. The molecule has 0 aliphatic carbocycles. The number of hydrogen-bond donors (Lipinski definition) is 1. The minimum Gasteiger partial charge on any atom is -0.378 e. The van der Waals surface area contributed by atoms with Crippen LogP contribution in [0.2, 0.25) is 0 Å². The van der Waals surface area contributed by atoms with Gasteiger partial charge in [-0.1, -0.05) is 12.1 Å². The fourth-order valence-electron chi connectivity index (χ4n) is 4.59. The number of rotatable bonds is 5. The van der Waals surface area contributed by atoms with Gasteiger partial charge in [0.2, 0.25) is 5.95 Å². The number of aromatic nitrogens is 2. The number of carbonyl (C=O) groups excluding carboxylic acids is 1. The van der Waals surface area contributed by atoms with Crippen LogP contribution < -0.4 is 10.2 Å². The average molecular weight is 498 g/mol. The van der Waals surface area contributed by atoms with Gasteiger partial charge in [0.1, 0.15) is 6.04 Å². The maximum atomic E-state index is 13.3. The predicted octanol–water partition coefficient (Wildman–Crippen LogP) is 4.89. The van der Waals surface area contributed by atoms with E-state index in [1.165, 1.54) is 0 Å². The number of benzene rings is 2. The van der Waals surface area contributed by atoms with Crippen LogP contribution in [0.4, 0.5) is 30.5 Å². The summed E-state index contributed by atoms with van der Waals surface area (Å²) in [5.74, 6) is -0.191. The number of carbonyl (C=O) groups is 1. The highest BCUT2D eigenvalue weighted by Crippen LogP contribution is 2.33. The van der Waals surface area contributed by atoms with Crippen molar-refractivity contribution in [3.8, 4) is 11.3 Å². The summed E-state index contributed by atoms with van der Waals surface area (Å²) >= 11 is 0. The van der Waals surface area contributed by atoms with Crippen molar-refractivity contribution in [1.29, 1.82) is 0 Å². The zero-order valence-corrected chi connectivity index (χ0v) is 19.5.